The SMILES string of the molecule is O=C(CN1C(=O)[C@H]2[C@H](C1=O)[C@H]1C=C[C@@H]2C1)Nc1ccc(Br)cc1. The predicted octanol–water partition coefficient (Wildman–Crippen LogP) is 2.19. The lowest BCUT2D eigenvalue weighted by Gasteiger charge is -2.16. The van der Waals surface area contributed by atoms with Crippen LogP contribution >= 0.6 is 15.9 Å². The number of fused-ring (bicyclic) bond motifs is 5. The first kappa shape index (κ1) is 14.6. The van der Waals surface area contributed by atoms with Gasteiger partial charge in [0.05, 0.1) is 11.8 Å². The van der Waals surface area contributed by atoms with Crippen molar-refractivity contribution < 1.29 is 14.4 Å². The number of hydrogen-bond acceptors (Lipinski definition) is 3. The molecular formula is C17H15BrN2O3. The molecule has 0 unspecified atom stereocenters. The van der Waals surface area contributed by atoms with Crippen LogP contribution < -0.4 is 5.32 Å². The van der Waals surface area contributed by atoms with Crippen LogP contribution in [0, 0.1) is 23.7 Å². The monoisotopic (exact) mass is 374 g/mol. The van der Waals surface area contributed by atoms with E-state index in [1.807, 2.05) is 24.3 Å². The average Bonchev–Trinajstić information content (AvgIpc) is 3.19. The summed E-state index contributed by atoms with van der Waals surface area (Å²) in [5.41, 5.74) is 0.638. The summed E-state index contributed by atoms with van der Waals surface area (Å²) in [6, 6.07) is 7.15. The maximum atomic E-state index is 12.5. The molecule has 0 radical (unpaired) electrons. The van der Waals surface area contributed by atoms with E-state index >= 15 is 0 Å². The minimum Gasteiger partial charge on any atom is -0.325 e. The standard InChI is InChI=1S/C17H15BrN2O3/c18-11-3-5-12(6-4-11)19-13(21)8-20-16(22)14-9-1-2-10(7-9)15(14)17(20)23/h1-6,9-10,14-15H,7-8H2,(H,19,21)/t9-,10+,14-,15-/m1/s1. The molecule has 1 aromatic rings. The number of carbonyl (C=O) groups is 3. The summed E-state index contributed by atoms with van der Waals surface area (Å²) in [6.45, 7) is -0.208. The highest BCUT2D eigenvalue weighted by Gasteiger charge is 2.59. The summed E-state index contributed by atoms with van der Waals surface area (Å²) in [5.74, 6) is -0.905. The van der Waals surface area contributed by atoms with Crippen molar-refractivity contribution in [3.8, 4) is 0 Å². The summed E-state index contributed by atoms with van der Waals surface area (Å²) < 4.78 is 0.913. The highest BCUT2D eigenvalue weighted by Crippen LogP contribution is 2.52. The first-order valence-electron chi connectivity index (χ1n) is 7.63. The predicted molar refractivity (Wildman–Crippen MR) is 87.2 cm³/mol. The molecule has 3 amide bonds. The minimum atomic E-state index is -0.352. The Morgan fingerprint density at radius 2 is 1.65 bits per heavy atom. The van der Waals surface area contributed by atoms with Crippen molar-refractivity contribution in [1.29, 1.82) is 0 Å². The normalized spacial score (nSPS) is 30.9. The Balaban J connectivity index is 1.45. The molecule has 4 rings (SSSR count). The van der Waals surface area contributed by atoms with Crippen LogP contribution in [0.1, 0.15) is 6.42 Å². The molecule has 23 heavy (non-hydrogen) atoms. The molecule has 1 N–H and O–H groups in total. The Bertz CT molecular complexity index is 698. The van der Waals surface area contributed by atoms with Crippen LogP contribution in [0.25, 0.3) is 0 Å². The van der Waals surface area contributed by atoms with Gasteiger partial charge in [-0.3, -0.25) is 19.3 Å². The molecule has 1 heterocycles. The van der Waals surface area contributed by atoms with Gasteiger partial charge in [0.15, 0.2) is 0 Å². The van der Waals surface area contributed by atoms with E-state index in [-0.39, 0.29) is 47.9 Å². The highest BCUT2D eigenvalue weighted by molar-refractivity contribution is 9.10. The summed E-state index contributed by atoms with van der Waals surface area (Å²) >= 11 is 3.33. The van der Waals surface area contributed by atoms with Crippen molar-refractivity contribution in [1.82, 2.24) is 4.90 Å². The lowest BCUT2D eigenvalue weighted by atomic mass is 9.85. The second-order valence-corrected chi connectivity index (χ2v) is 7.23. The van der Waals surface area contributed by atoms with E-state index in [9.17, 15) is 14.4 Å². The summed E-state index contributed by atoms with van der Waals surface area (Å²) in [5, 5.41) is 2.72. The van der Waals surface area contributed by atoms with Crippen molar-refractivity contribution >= 4 is 39.3 Å². The molecule has 2 aliphatic carbocycles. The van der Waals surface area contributed by atoms with E-state index in [1.54, 1.807) is 12.1 Å². The van der Waals surface area contributed by atoms with Gasteiger partial charge < -0.3 is 5.32 Å². The molecule has 4 atom stereocenters. The zero-order chi connectivity index (χ0) is 16.1. The number of likely N-dealkylation sites (tertiary alicyclic amines) is 1. The van der Waals surface area contributed by atoms with Gasteiger partial charge in [0.1, 0.15) is 6.54 Å². The van der Waals surface area contributed by atoms with Crippen LogP contribution in [-0.4, -0.2) is 29.2 Å². The van der Waals surface area contributed by atoms with Crippen LogP contribution in [-0.2, 0) is 14.4 Å². The van der Waals surface area contributed by atoms with Gasteiger partial charge in [-0.05, 0) is 42.5 Å². The molecule has 2 fully saturated rings. The van der Waals surface area contributed by atoms with Gasteiger partial charge >= 0.3 is 0 Å². The molecule has 3 aliphatic rings. The molecular weight excluding hydrogens is 360 g/mol. The Labute approximate surface area is 141 Å². The Morgan fingerprint density at radius 3 is 2.22 bits per heavy atom. The first-order chi connectivity index (χ1) is 11.0. The van der Waals surface area contributed by atoms with Crippen LogP contribution in [0.15, 0.2) is 40.9 Å². The second-order valence-electron chi connectivity index (χ2n) is 6.32. The number of allylic oxidation sites excluding steroid dienone is 2. The number of benzene rings is 1. The van der Waals surface area contributed by atoms with Crippen LogP contribution in [0.5, 0.6) is 0 Å². The van der Waals surface area contributed by atoms with Crippen molar-refractivity contribution in [2.45, 2.75) is 6.42 Å². The number of amides is 3. The molecule has 1 aliphatic heterocycles. The molecule has 1 aromatic carbocycles. The quantitative estimate of drug-likeness (QED) is 0.651. The average molecular weight is 375 g/mol. The molecule has 118 valence electrons. The third kappa shape index (κ3) is 2.32. The van der Waals surface area contributed by atoms with Crippen molar-refractivity contribution in [2.75, 3.05) is 11.9 Å². The van der Waals surface area contributed by atoms with Gasteiger partial charge in [-0.25, -0.2) is 0 Å². The van der Waals surface area contributed by atoms with Crippen molar-refractivity contribution in [2.24, 2.45) is 23.7 Å². The topological polar surface area (TPSA) is 66.5 Å². The summed E-state index contributed by atoms with van der Waals surface area (Å²) in [4.78, 5) is 38.3. The van der Waals surface area contributed by atoms with E-state index in [1.165, 1.54) is 0 Å². The number of nitrogens with one attached hydrogen (secondary N) is 1. The zero-order valence-corrected chi connectivity index (χ0v) is 13.8. The maximum Gasteiger partial charge on any atom is 0.244 e. The summed E-state index contributed by atoms with van der Waals surface area (Å²) in [7, 11) is 0. The lowest BCUT2D eigenvalue weighted by molar-refractivity contribution is -0.143. The van der Waals surface area contributed by atoms with Gasteiger partial charge in [0, 0.05) is 10.2 Å². The second kappa shape index (κ2) is 5.30. The van der Waals surface area contributed by atoms with E-state index < -0.39 is 0 Å². The third-order valence-electron chi connectivity index (χ3n) is 4.99. The lowest BCUT2D eigenvalue weighted by Crippen LogP contribution is -2.39. The number of nitrogens with zero attached hydrogens (tertiary/aromatic N) is 1. The number of rotatable bonds is 3. The fraction of sp³-hybridized carbons (Fsp3) is 0.353. The summed E-state index contributed by atoms with van der Waals surface area (Å²) in [6.07, 6.45) is 4.98. The van der Waals surface area contributed by atoms with Gasteiger partial charge in [-0.2, -0.15) is 0 Å². The Hall–Kier alpha value is -1.95. The molecule has 1 saturated carbocycles. The fourth-order valence-corrected chi connectivity index (χ4v) is 4.26. The van der Waals surface area contributed by atoms with E-state index in [2.05, 4.69) is 21.2 Å². The number of imide groups is 1. The third-order valence-corrected chi connectivity index (χ3v) is 5.52. The fourth-order valence-electron chi connectivity index (χ4n) is 4.00. The zero-order valence-electron chi connectivity index (χ0n) is 12.2. The first-order valence-corrected chi connectivity index (χ1v) is 8.43. The minimum absolute atomic E-state index is 0.168. The van der Waals surface area contributed by atoms with Gasteiger partial charge in [-0.1, -0.05) is 28.1 Å². The Morgan fingerprint density at radius 1 is 1.09 bits per heavy atom. The van der Waals surface area contributed by atoms with E-state index in [0.29, 0.717) is 5.69 Å². The van der Waals surface area contributed by atoms with Crippen molar-refractivity contribution in [3.63, 3.8) is 0 Å². The van der Waals surface area contributed by atoms with E-state index in [0.717, 1.165) is 15.8 Å². The molecule has 6 heteroatoms. The van der Waals surface area contributed by atoms with Gasteiger partial charge in [-0.15, -0.1) is 0 Å². The van der Waals surface area contributed by atoms with Crippen molar-refractivity contribution in [3.05, 3.63) is 40.9 Å². The number of hydrogen-bond donors (Lipinski definition) is 1. The molecule has 0 aromatic heterocycles. The van der Waals surface area contributed by atoms with Crippen LogP contribution in [0.3, 0.4) is 0 Å². The molecule has 2 bridgehead atoms. The molecule has 5 nitrogen and oxygen atoms in total. The maximum absolute atomic E-state index is 12.5. The van der Waals surface area contributed by atoms with Gasteiger partial charge in [0.2, 0.25) is 17.7 Å². The Kier molecular flexibility index (Phi) is 3.37. The smallest absolute Gasteiger partial charge is 0.244 e. The number of anilines is 1. The van der Waals surface area contributed by atoms with E-state index in [4.69, 9.17) is 0 Å². The number of halogens is 1. The van der Waals surface area contributed by atoms with Gasteiger partial charge in [0.25, 0.3) is 0 Å². The molecule has 0 spiro atoms. The van der Waals surface area contributed by atoms with Crippen LogP contribution in [0.4, 0.5) is 5.69 Å². The largest absolute Gasteiger partial charge is 0.325 e. The number of carbonyl (C=O) groups excluding carboxylic acids is 3. The van der Waals surface area contributed by atoms with Crippen LogP contribution in [0.2, 0.25) is 0 Å². The highest BCUT2D eigenvalue weighted by atomic mass is 79.9. The molecule has 1 saturated heterocycles.